The Morgan fingerprint density at radius 1 is 0.935 bits per heavy atom. The molecular weight excluding hydrogens is 610 g/mol. The number of hydrogen-bond acceptors (Lipinski definition) is 8. The van der Waals surface area contributed by atoms with Gasteiger partial charge in [-0.3, -0.25) is 24.0 Å². The van der Waals surface area contributed by atoms with Crippen molar-refractivity contribution in [2.24, 2.45) is 0 Å². The van der Waals surface area contributed by atoms with Crippen molar-refractivity contribution in [1.82, 2.24) is 19.4 Å². The molecule has 240 valence electrons. The minimum absolute atomic E-state index is 0.00280. The Balaban J connectivity index is 1.23. The Morgan fingerprint density at radius 2 is 1.63 bits per heavy atom. The molecular formula is C33H35N5O7S. The molecule has 2 N–H and O–H groups in total. The second-order valence-corrected chi connectivity index (χ2v) is 13.9. The summed E-state index contributed by atoms with van der Waals surface area (Å²) in [6.07, 6.45) is 1.56. The number of pyridine rings is 1. The summed E-state index contributed by atoms with van der Waals surface area (Å²) in [4.78, 5) is 55.8. The highest BCUT2D eigenvalue weighted by Crippen LogP contribution is 2.27. The first-order chi connectivity index (χ1) is 21.8. The highest BCUT2D eigenvalue weighted by atomic mass is 32.2. The second kappa shape index (κ2) is 13.1. The van der Waals surface area contributed by atoms with E-state index in [0.29, 0.717) is 16.9 Å². The van der Waals surface area contributed by atoms with E-state index in [4.69, 9.17) is 4.74 Å². The fourth-order valence-corrected chi connectivity index (χ4v) is 6.89. The van der Waals surface area contributed by atoms with Gasteiger partial charge in [-0.2, -0.15) is 0 Å². The van der Waals surface area contributed by atoms with Crippen molar-refractivity contribution >= 4 is 27.7 Å². The van der Waals surface area contributed by atoms with E-state index in [1.807, 2.05) is 0 Å². The van der Waals surface area contributed by atoms with E-state index < -0.39 is 32.8 Å². The van der Waals surface area contributed by atoms with Crippen molar-refractivity contribution in [2.75, 3.05) is 17.6 Å². The number of anilines is 1. The highest BCUT2D eigenvalue weighted by molar-refractivity contribution is 7.91. The van der Waals surface area contributed by atoms with Crippen LogP contribution < -0.4 is 21.9 Å². The van der Waals surface area contributed by atoms with Gasteiger partial charge in [0.05, 0.1) is 11.3 Å². The molecule has 12 nitrogen and oxygen atoms in total. The maximum absolute atomic E-state index is 13.5. The molecule has 2 aromatic heterocycles. The van der Waals surface area contributed by atoms with Gasteiger partial charge in [0.1, 0.15) is 11.4 Å². The van der Waals surface area contributed by atoms with Crippen LogP contribution >= 0.6 is 0 Å². The molecule has 3 heterocycles. The highest BCUT2D eigenvalue weighted by Gasteiger charge is 2.32. The molecule has 0 radical (unpaired) electrons. The predicted molar refractivity (Wildman–Crippen MR) is 174 cm³/mol. The molecule has 0 unspecified atom stereocenters. The molecule has 0 bridgehead atoms. The zero-order valence-corrected chi connectivity index (χ0v) is 26.6. The molecule has 2 aromatic carbocycles. The average molecular weight is 646 g/mol. The number of hydrogen-bond donors (Lipinski definition) is 2. The van der Waals surface area contributed by atoms with Gasteiger partial charge in [-0.25, -0.2) is 23.0 Å². The van der Waals surface area contributed by atoms with E-state index in [1.165, 1.54) is 4.57 Å². The van der Waals surface area contributed by atoms with Crippen molar-refractivity contribution in [1.29, 1.82) is 0 Å². The molecule has 0 saturated heterocycles. The van der Waals surface area contributed by atoms with Gasteiger partial charge >= 0.3 is 11.8 Å². The topological polar surface area (TPSA) is 158 Å². The van der Waals surface area contributed by atoms with Crippen LogP contribution in [-0.2, 0) is 27.7 Å². The summed E-state index contributed by atoms with van der Waals surface area (Å²) in [5, 5.41) is 5.16. The number of nitrogens with one attached hydrogen (secondary N) is 2. The van der Waals surface area contributed by atoms with E-state index >= 15 is 0 Å². The van der Waals surface area contributed by atoms with Crippen LogP contribution in [0.4, 0.5) is 10.6 Å². The summed E-state index contributed by atoms with van der Waals surface area (Å²) in [5.74, 6) is -0.109. The molecule has 4 aromatic rings. The monoisotopic (exact) mass is 645 g/mol. The quantitative estimate of drug-likeness (QED) is 0.214. The number of aromatic nitrogens is 3. The Morgan fingerprint density at radius 3 is 2.28 bits per heavy atom. The van der Waals surface area contributed by atoms with Crippen molar-refractivity contribution in [3.8, 4) is 22.3 Å². The Kier molecular flexibility index (Phi) is 9.24. The first kappa shape index (κ1) is 32.4. The van der Waals surface area contributed by atoms with Crippen molar-refractivity contribution in [3.63, 3.8) is 0 Å². The Labute approximate surface area is 266 Å². The molecule has 0 spiro atoms. The summed E-state index contributed by atoms with van der Waals surface area (Å²) in [7, 11) is -3.81. The predicted octanol–water partition coefficient (Wildman–Crippen LogP) is 4.08. The number of carbonyl (C=O) groups is 2. The zero-order chi connectivity index (χ0) is 33.1. The summed E-state index contributed by atoms with van der Waals surface area (Å²) in [5.41, 5.74) is 0.471. The minimum atomic E-state index is -3.81. The van der Waals surface area contributed by atoms with Crippen molar-refractivity contribution in [2.45, 2.75) is 57.3 Å². The fourth-order valence-electron chi connectivity index (χ4n) is 5.16. The van der Waals surface area contributed by atoms with Gasteiger partial charge < -0.3 is 10.1 Å². The summed E-state index contributed by atoms with van der Waals surface area (Å²) in [6, 6.07) is 18.8. The molecule has 5 rings (SSSR count). The van der Waals surface area contributed by atoms with E-state index in [2.05, 4.69) is 15.6 Å². The number of carbonyl (C=O) groups excluding carboxylic acids is 2. The van der Waals surface area contributed by atoms with Gasteiger partial charge in [-0.05, 0) is 69.0 Å². The lowest BCUT2D eigenvalue weighted by atomic mass is 10.1. The van der Waals surface area contributed by atoms with Gasteiger partial charge in [0.15, 0.2) is 14.9 Å². The number of rotatable bonds is 8. The third kappa shape index (κ3) is 7.26. The SMILES string of the molecule is CC(C)(C)OC(=O)Nc1ccc(-c2ccc(C(=O)NCCCn3c(=O)c(-c4ccccc4)c4n(c3=O)CCCS4(=O)=O)cc2)cn1. The van der Waals surface area contributed by atoms with Gasteiger partial charge in [0.25, 0.3) is 11.5 Å². The summed E-state index contributed by atoms with van der Waals surface area (Å²) in [6.45, 7) is 5.70. The Bertz CT molecular complexity index is 1980. The molecule has 0 atom stereocenters. The van der Waals surface area contributed by atoms with Crippen LogP contribution in [0.5, 0.6) is 0 Å². The lowest BCUT2D eigenvalue weighted by Crippen LogP contribution is -2.45. The van der Waals surface area contributed by atoms with Crippen molar-refractivity contribution in [3.05, 3.63) is 99.3 Å². The van der Waals surface area contributed by atoms with Crippen LogP contribution in [0, 0.1) is 0 Å². The third-order valence-corrected chi connectivity index (χ3v) is 9.09. The first-order valence-electron chi connectivity index (χ1n) is 14.8. The summed E-state index contributed by atoms with van der Waals surface area (Å²) < 4.78 is 33.4. The fraction of sp³-hybridized carbons (Fsp3) is 0.303. The van der Waals surface area contributed by atoms with Crippen LogP contribution in [0.2, 0.25) is 0 Å². The molecule has 1 aliphatic rings. The molecule has 0 saturated carbocycles. The largest absolute Gasteiger partial charge is 0.444 e. The molecule has 2 amide bonds. The maximum atomic E-state index is 13.5. The van der Waals surface area contributed by atoms with Gasteiger partial charge in [-0.15, -0.1) is 0 Å². The van der Waals surface area contributed by atoms with Crippen LogP contribution in [0.25, 0.3) is 22.3 Å². The second-order valence-electron chi connectivity index (χ2n) is 11.9. The van der Waals surface area contributed by atoms with Gasteiger partial charge in [0.2, 0.25) is 0 Å². The molecule has 13 heteroatoms. The number of sulfone groups is 1. The van der Waals surface area contributed by atoms with E-state index in [1.54, 1.807) is 93.7 Å². The number of ether oxygens (including phenoxy) is 1. The lowest BCUT2D eigenvalue weighted by molar-refractivity contribution is 0.0635. The zero-order valence-electron chi connectivity index (χ0n) is 25.8. The average Bonchev–Trinajstić information content (AvgIpc) is 3.01. The first-order valence-corrected chi connectivity index (χ1v) is 16.5. The molecule has 1 aliphatic heterocycles. The number of fused-ring (bicyclic) bond motifs is 1. The van der Waals surface area contributed by atoms with Crippen LogP contribution in [0.3, 0.4) is 0 Å². The number of benzene rings is 2. The number of amides is 2. The lowest BCUT2D eigenvalue weighted by Gasteiger charge is -2.23. The molecule has 46 heavy (non-hydrogen) atoms. The summed E-state index contributed by atoms with van der Waals surface area (Å²) >= 11 is 0. The Hall–Kier alpha value is -5.04. The minimum Gasteiger partial charge on any atom is -0.444 e. The van der Waals surface area contributed by atoms with E-state index in [-0.39, 0.29) is 54.7 Å². The molecule has 0 aliphatic carbocycles. The van der Waals surface area contributed by atoms with Crippen LogP contribution in [0.15, 0.2) is 87.5 Å². The van der Waals surface area contributed by atoms with Gasteiger partial charge in [-0.1, -0.05) is 42.5 Å². The third-order valence-electron chi connectivity index (χ3n) is 7.25. The van der Waals surface area contributed by atoms with Crippen LogP contribution in [-0.4, -0.2) is 52.4 Å². The van der Waals surface area contributed by atoms with E-state index in [9.17, 15) is 27.6 Å². The van der Waals surface area contributed by atoms with Gasteiger partial charge in [0, 0.05) is 37.0 Å². The number of nitrogens with zero attached hydrogens (tertiary/aromatic N) is 3. The molecule has 0 fully saturated rings. The maximum Gasteiger partial charge on any atom is 0.413 e. The van der Waals surface area contributed by atoms with Crippen molar-refractivity contribution < 1.29 is 22.7 Å². The van der Waals surface area contributed by atoms with E-state index in [0.717, 1.165) is 15.7 Å². The normalized spacial score (nSPS) is 13.8. The smallest absolute Gasteiger partial charge is 0.413 e. The standard InChI is InChI=1S/C33H35N5O7S/c1-33(2,3)45-31(41)36-26-16-15-25(21-35-26)22-11-13-24(14-12-22)28(39)34-17-7-18-37-29(40)27(23-9-5-4-6-10-23)30-38(32(37)42)19-8-20-46(30,43)44/h4-6,9-16,21H,7-8,17-20H2,1-3H3,(H,34,39)(H,35,36,41). The van der Waals surface area contributed by atoms with Crippen LogP contribution in [0.1, 0.15) is 44.0 Å².